The van der Waals surface area contributed by atoms with Gasteiger partial charge in [-0.1, -0.05) is 11.6 Å². The molecule has 0 aliphatic carbocycles. The number of amides is 1. The number of aromatic nitrogens is 1. The Labute approximate surface area is 122 Å². The minimum absolute atomic E-state index is 0.00295. The van der Waals surface area contributed by atoms with Crippen molar-refractivity contribution < 1.29 is 23.5 Å². The van der Waals surface area contributed by atoms with E-state index in [0.29, 0.717) is 6.29 Å². The molecule has 0 saturated carbocycles. The van der Waals surface area contributed by atoms with Crippen LogP contribution in [0.1, 0.15) is 10.4 Å². The highest BCUT2D eigenvalue weighted by atomic mass is 35.5. The molecule has 1 aromatic carbocycles. The van der Waals surface area contributed by atoms with Gasteiger partial charge in [-0.15, -0.1) is 0 Å². The fraction of sp³-hybridized carbons (Fsp3) is 0. The van der Waals surface area contributed by atoms with Crippen molar-refractivity contribution in [1.29, 1.82) is 0 Å². The summed E-state index contributed by atoms with van der Waals surface area (Å²) in [6, 6.07) is 2.86. The maximum atomic E-state index is 13.9. The number of hydrogen-bond acceptors (Lipinski definition) is 3. The Balaban J connectivity index is 2.67. The molecule has 0 radical (unpaired) electrons. The zero-order valence-corrected chi connectivity index (χ0v) is 11.0. The van der Waals surface area contributed by atoms with Crippen LogP contribution in [0.25, 0.3) is 11.1 Å². The highest BCUT2D eigenvalue weighted by Gasteiger charge is 2.17. The maximum absolute atomic E-state index is 13.9. The van der Waals surface area contributed by atoms with Gasteiger partial charge >= 0.3 is 6.09 Å². The fourth-order valence-corrected chi connectivity index (χ4v) is 1.91. The summed E-state index contributed by atoms with van der Waals surface area (Å²) in [5.74, 6) is -1.99. The van der Waals surface area contributed by atoms with Crippen LogP contribution in [-0.4, -0.2) is 22.5 Å². The van der Waals surface area contributed by atoms with Crippen molar-refractivity contribution in [1.82, 2.24) is 4.98 Å². The molecule has 1 aromatic heterocycles. The molecule has 0 aliphatic heterocycles. The fourth-order valence-electron chi connectivity index (χ4n) is 1.76. The number of nitrogens with one attached hydrogen (secondary N) is 1. The third kappa shape index (κ3) is 2.97. The molecule has 21 heavy (non-hydrogen) atoms. The third-order valence-corrected chi connectivity index (χ3v) is 2.92. The van der Waals surface area contributed by atoms with Gasteiger partial charge in [0, 0.05) is 17.3 Å². The quantitative estimate of drug-likeness (QED) is 0.670. The van der Waals surface area contributed by atoms with Crippen molar-refractivity contribution in [3.05, 3.63) is 46.6 Å². The van der Waals surface area contributed by atoms with Gasteiger partial charge in [-0.2, -0.15) is 0 Å². The molecule has 0 spiro atoms. The first-order chi connectivity index (χ1) is 9.93. The number of benzene rings is 1. The Hall–Kier alpha value is -2.54. The number of carbonyl (C=O) groups excluding carboxylic acids is 1. The van der Waals surface area contributed by atoms with Crippen LogP contribution in [0.15, 0.2) is 24.4 Å². The van der Waals surface area contributed by atoms with E-state index in [0.717, 1.165) is 12.1 Å². The van der Waals surface area contributed by atoms with Gasteiger partial charge in [-0.25, -0.2) is 18.6 Å². The number of rotatable bonds is 3. The van der Waals surface area contributed by atoms with Crippen LogP contribution in [0, 0.1) is 11.6 Å². The summed E-state index contributed by atoms with van der Waals surface area (Å²) in [4.78, 5) is 25.5. The zero-order valence-electron chi connectivity index (χ0n) is 10.2. The number of aldehydes is 1. The highest BCUT2D eigenvalue weighted by Crippen LogP contribution is 2.31. The lowest BCUT2D eigenvalue weighted by Gasteiger charge is -2.10. The van der Waals surface area contributed by atoms with Crippen molar-refractivity contribution in [2.45, 2.75) is 0 Å². The normalized spacial score (nSPS) is 10.2. The second-order valence-electron chi connectivity index (χ2n) is 3.91. The van der Waals surface area contributed by atoms with E-state index in [1.54, 1.807) is 0 Å². The second kappa shape index (κ2) is 5.84. The predicted octanol–water partition coefficient (Wildman–Crippen LogP) is 3.58. The van der Waals surface area contributed by atoms with E-state index >= 15 is 0 Å². The van der Waals surface area contributed by atoms with Gasteiger partial charge in [0.2, 0.25) is 0 Å². The second-order valence-corrected chi connectivity index (χ2v) is 4.32. The Morgan fingerprint density at radius 2 is 2.00 bits per heavy atom. The van der Waals surface area contributed by atoms with Crippen molar-refractivity contribution >= 4 is 29.8 Å². The smallest absolute Gasteiger partial charge is 0.410 e. The van der Waals surface area contributed by atoms with E-state index in [1.807, 2.05) is 5.32 Å². The number of hydrogen-bond donors (Lipinski definition) is 2. The summed E-state index contributed by atoms with van der Waals surface area (Å²) in [5, 5.41) is 10.2. The van der Waals surface area contributed by atoms with Crippen LogP contribution in [0.4, 0.5) is 19.4 Å². The van der Waals surface area contributed by atoms with Crippen molar-refractivity contribution in [3.8, 4) is 11.1 Å². The van der Waals surface area contributed by atoms with E-state index in [4.69, 9.17) is 16.7 Å². The Kier molecular flexibility index (Phi) is 4.13. The van der Waals surface area contributed by atoms with Crippen LogP contribution in [0.3, 0.4) is 0 Å². The lowest BCUT2D eigenvalue weighted by atomic mass is 10.0. The lowest BCUT2D eigenvalue weighted by molar-refractivity contribution is 0.112. The van der Waals surface area contributed by atoms with Gasteiger partial charge in [-0.3, -0.25) is 10.1 Å². The molecule has 2 aromatic rings. The van der Waals surface area contributed by atoms with E-state index in [2.05, 4.69) is 4.98 Å². The summed E-state index contributed by atoms with van der Waals surface area (Å²) >= 11 is 5.46. The summed E-state index contributed by atoms with van der Waals surface area (Å²) in [5.41, 5.74) is -0.438. The Bertz CT molecular complexity index is 738. The number of anilines is 1. The summed E-state index contributed by atoms with van der Waals surface area (Å²) in [6.07, 6.45) is 0.0320. The van der Waals surface area contributed by atoms with Crippen LogP contribution >= 0.6 is 11.6 Å². The standard InChI is InChI=1S/C13H7ClF2N2O3/c14-9-4-10(15)7(3-11(9)16)6-1-2-17-12(8(6)5-19)18-13(20)21/h1-5H,(H,17,18)(H,20,21). The molecule has 0 aliphatic rings. The molecular formula is C13H7ClF2N2O3. The molecule has 0 saturated heterocycles. The van der Waals surface area contributed by atoms with Crippen molar-refractivity contribution in [3.63, 3.8) is 0 Å². The molecule has 0 atom stereocenters. The zero-order chi connectivity index (χ0) is 15.6. The number of nitrogens with zero attached hydrogens (tertiary/aromatic N) is 1. The molecule has 0 unspecified atom stereocenters. The molecule has 108 valence electrons. The number of carboxylic acid groups (broad SMARTS) is 1. The largest absolute Gasteiger partial charge is 0.465 e. The minimum Gasteiger partial charge on any atom is -0.465 e. The number of carbonyl (C=O) groups is 2. The Morgan fingerprint density at radius 3 is 2.62 bits per heavy atom. The van der Waals surface area contributed by atoms with Gasteiger partial charge in [0.25, 0.3) is 0 Å². The molecule has 2 rings (SSSR count). The lowest BCUT2D eigenvalue weighted by Crippen LogP contribution is -2.11. The monoisotopic (exact) mass is 312 g/mol. The number of pyridine rings is 1. The average Bonchev–Trinajstić information content (AvgIpc) is 2.42. The summed E-state index contributed by atoms with van der Waals surface area (Å²) in [6.45, 7) is 0. The van der Waals surface area contributed by atoms with E-state index in [1.165, 1.54) is 12.3 Å². The Morgan fingerprint density at radius 1 is 1.29 bits per heavy atom. The molecule has 8 heteroatoms. The topological polar surface area (TPSA) is 79.3 Å². The van der Waals surface area contributed by atoms with Gasteiger partial charge in [0.15, 0.2) is 6.29 Å². The van der Waals surface area contributed by atoms with Crippen LogP contribution in [0.5, 0.6) is 0 Å². The van der Waals surface area contributed by atoms with Crippen LogP contribution in [-0.2, 0) is 0 Å². The molecule has 1 amide bonds. The maximum Gasteiger partial charge on any atom is 0.410 e. The first-order valence-corrected chi connectivity index (χ1v) is 5.91. The van der Waals surface area contributed by atoms with E-state index in [9.17, 15) is 18.4 Å². The van der Waals surface area contributed by atoms with Gasteiger partial charge < -0.3 is 5.11 Å². The molecule has 2 N–H and O–H groups in total. The summed E-state index contributed by atoms with van der Waals surface area (Å²) in [7, 11) is 0. The van der Waals surface area contributed by atoms with E-state index in [-0.39, 0.29) is 22.5 Å². The van der Waals surface area contributed by atoms with Crippen LogP contribution < -0.4 is 5.32 Å². The van der Waals surface area contributed by atoms with E-state index < -0.39 is 22.8 Å². The van der Waals surface area contributed by atoms with Gasteiger partial charge in [0.1, 0.15) is 17.5 Å². The third-order valence-electron chi connectivity index (χ3n) is 2.63. The first kappa shape index (κ1) is 14.9. The minimum atomic E-state index is -1.44. The first-order valence-electron chi connectivity index (χ1n) is 5.53. The highest BCUT2D eigenvalue weighted by molar-refractivity contribution is 6.30. The molecule has 0 fully saturated rings. The van der Waals surface area contributed by atoms with Gasteiger partial charge in [-0.05, 0) is 18.2 Å². The average molecular weight is 313 g/mol. The van der Waals surface area contributed by atoms with Crippen molar-refractivity contribution in [2.24, 2.45) is 0 Å². The van der Waals surface area contributed by atoms with Crippen molar-refractivity contribution in [2.75, 3.05) is 5.32 Å². The molecule has 1 heterocycles. The SMILES string of the molecule is O=Cc1c(-c2cc(F)c(Cl)cc2F)ccnc1NC(=O)O. The summed E-state index contributed by atoms with van der Waals surface area (Å²) < 4.78 is 27.4. The number of halogens is 3. The molecule has 5 nitrogen and oxygen atoms in total. The molecular weight excluding hydrogens is 306 g/mol. The predicted molar refractivity (Wildman–Crippen MR) is 71.6 cm³/mol. The van der Waals surface area contributed by atoms with Gasteiger partial charge in [0.05, 0.1) is 10.6 Å². The molecule has 0 bridgehead atoms. The van der Waals surface area contributed by atoms with Crippen LogP contribution in [0.2, 0.25) is 5.02 Å².